The van der Waals surface area contributed by atoms with Crippen molar-refractivity contribution < 1.29 is 9.59 Å². The van der Waals surface area contributed by atoms with Crippen molar-refractivity contribution in [3.8, 4) is 0 Å². The predicted octanol–water partition coefficient (Wildman–Crippen LogP) is 1.08. The van der Waals surface area contributed by atoms with Crippen LogP contribution in [-0.4, -0.2) is 85.8 Å². The number of likely N-dealkylation sites (N-methyl/N-ethyl adjacent to an activating group) is 1. The van der Waals surface area contributed by atoms with Crippen molar-refractivity contribution in [3.63, 3.8) is 0 Å². The summed E-state index contributed by atoms with van der Waals surface area (Å²) >= 11 is 6.01. The maximum Gasteiger partial charge on any atom is 0.241 e. The zero-order valence-electron chi connectivity index (χ0n) is 16.4. The van der Waals surface area contributed by atoms with E-state index in [4.69, 9.17) is 11.6 Å². The quantitative estimate of drug-likeness (QED) is 0.614. The summed E-state index contributed by atoms with van der Waals surface area (Å²) in [5.74, 6) is 0.758. The van der Waals surface area contributed by atoms with Gasteiger partial charge in [-0.05, 0) is 24.6 Å². The van der Waals surface area contributed by atoms with Gasteiger partial charge in [0.2, 0.25) is 11.8 Å². The number of carbonyl (C=O) groups is 2. The van der Waals surface area contributed by atoms with Gasteiger partial charge in [0.25, 0.3) is 0 Å². The van der Waals surface area contributed by atoms with E-state index in [1.807, 2.05) is 30.0 Å². The number of aliphatic imine (C=N–C) groups is 1. The number of nitrogens with zero attached hydrogens (tertiary/aromatic N) is 4. The first-order chi connectivity index (χ1) is 12.8. The third-order valence-corrected chi connectivity index (χ3v) is 4.84. The molecule has 0 radical (unpaired) electrons. The molecule has 0 spiro atoms. The third-order valence-electron chi connectivity index (χ3n) is 4.60. The van der Waals surface area contributed by atoms with Crippen LogP contribution in [0.1, 0.15) is 12.5 Å². The standard InChI is InChI=1S/C19H28ClN5O2/c1-14-13-24(19(21-2)22-12-18(27)23(3)4)8-9-25(14)17(26)11-15-6-5-7-16(20)10-15/h5-7,10,14H,8-9,11-13H2,1-4H3,(H,21,22). The molecule has 2 rings (SSSR count). The van der Waals surface area contributed by atoms with Gasteiger partial charge in [-0.1, -0.05) is 23.7 Å². The van der Waals surface area contributed by atoms with Gasteiger partial charge >= 0.3 is 0 Å². The summed E-state index contributed by atoms with van der Waals surface area (Å²) in [6.07, 6.45) is 0.342. The number of hydrogen-bond acceptors (Lipinski definition) is 3. The lowest BCUT2D eigenvalue weighted by Crippen LogP contribution is -2.58. The molecule has 0 saturated carbocycles. The normalized spacial score (nSPS) is 17.7. The summed E-state index contributed by atoms with van der Waals surface area (Å²) in [5.41, 5.74) is 0.918. The lowest BCUT2D eigenvalue weighted by atomic mass is 10.1. The summed E-state index contributed by atoms with van der Waals surface area (Å²) < 4.78 is 0. The minimum atomic E-state index is -0.0143. The van der Waals surface area contributed by atoms with Gasteiger partial charge in [-0.3, -0.25) is 14.6 Å². The Morgan fingerprint density at radius 1 is 1.33 bits per heavy atom. The van der Waals surface area contributed by atoms with E-state index in [0.29, 0.717) is 37.0 Å². The zero-order chi connectivity index (χ0) is 20.0. The molecule has 7 nitrogen and oxygen atoms in total. The first-order valence-electron chi connectivity index (χ1n) is 9.01. The molecule has 148 valence electrons. The van der Waals surface area contributed by atoms with Gasteiger partial charge in [-0.2, -0.15) is 0 Å². The van der Waals surface area contributed by atoms with Crippen LogP contribution in [0.15, 0.2) is 29.3 Å². The van der Waals surface area contributed by atoms with Gasteiger partial charge in [0, 0.05) is 51.8 Å². The smallest absolute Gasteiger partial charge is 0.241 e. The van der Waals surface area contributed by atoms with Crippen LogP contribution < -0.4 is 5.32 Å². The highest BCUT2D eigenvalue weighted by Gasteiger charge is 2.29. The molecule has 1 aromatic carbocycles. The third kappa shape index (κ3) is 5.85. The van der Waals surface area contributed by atoms with Crippen molar-refractivity contribution in [1.29, 1.82) is 0 Å². The van der Waals surface area contributed by atoms with Gasteiger partial charge in [-0.25, -0.2) is 0 Å². The molecular weight excluding hydrogens is 366 g/mol. The Hall–Kier alpha value is -2.28. The largest absolute Gasteiger partial charge is 0.347 e. The van der Waals surface area contributed by atoms with Crippen molar-refractivity contribution >= 4 is 29.4 Å². The highest BCUT2D eigenvalue weighted by atomic mass is 35.5. The molecule has 8 heteroatoms. The molecule has 1 aliphatic heterocycles. The van der Waals surface area contributed by atoms with Crippen molar-refractivity contribution in [2.75, 3.05) is 47.3 Å². The Bertz CT molecular complexity index is 707. The molecule has 1 N–H and O–H groups in total. The Morgan fingerprint density at radius 3 is 2.67 bits per heavy atom. The van der Waals surface area contributed by atoms with Gasteiger partial charge in [0.1, 0.15) is 0 Å². The molecule has 27 heavy (non-hydrogen) atoms. The van der Waals surface area contributed by atoms with Crippen LogP contribution >= 0.6 is 11.6 Å². The molecular formula is C19H28ClN5O2. The number of halogens is 1. The van der Waals surface area contributed by atoms with Gasteiger partial charge in [0.05, 0.1) is 13.0 Å². The Morgan fingerprint density at radius 2 is 2.07 bits per heavy atom. The van der Waals surface area contributed by atoms with E-state index in [9.17, 15) is 9.59 Å². The van der Waals surface area contributed by atoms with Crippen molar-refractivity contribution in [2.24, 2.45) is 4.99 Å². The van der Waals surface area contributed by atoms with E-state index in [-0.39, 0.29) is 24.4 Å². The summed E-state index contributed by atoms with van der Waals surface area (Å²) in [5, 5.41) is 3.74. The van der Waals surface area contributed by atoms with Crippen LogP contribution in [0.2, 0.25) is 5.02 Å². The second-order valence-electron chi connectivity index (χ2n) is 6.88. The minimum absolute atomic E-state index is 0.0143. The number of hydrogen-bond donors (Lipinski definition) is 1. The first-order valence-corrected chi connectivity index (χ1v) is 9.39. The number of benzene rings is 1. The summed E-state index contributed by atoms with van der Waals surface area (Å²) in [7, 11) is 5.14. The van der Waals surface area contributed by atoms with E-state index in [2.05, 4.69) is 15.2 Å². The van der Waals surface area contributed by atoms with Crippen LogP contribution in [-0.2, 0) is 16.0 Å². The highest BCUT2D eigenvalue weighted by Crippen LogP contribution is 2.15. The Balaban J connectivity index is 1.92. The molecule has 1 atom stereocenters. The molecule has 2 amide bonds. The number of nitrogens with one attached hydrogen (secondary N) is 1. The molecule has 1 fully saturated rings. The molecule has 1 heterocycles. The van der Waals surface area contributed by atoms with Crippen molar-refractivity contribution in [2.45, 2.75) is 19.4 Å². The maximum atomic E-state index is 12.7. The Kier molecular flexibility index (Phi) is 7.47. The lowest BCUT2D eigenvalue weighted by molar-refractivity contribution is -0.134. The number of carbonyl (C=O) groups excluding carboxylic acids is 2. The van der Waals surface area contributed by atoms with E-state index in [0.717, 1.165) is 5.56 Å². The SMILES string of the molecule is CN=C(NCC(=O)N(C)C)N1CCN(C(=O)Cc2cccc(Cl)c2)C(C)C1. The van der Waals surface area contributed by atoms with Gasteiger partial charge < -0.3 is 20.0 Å². The lowest BCUT2D eigenvalue weighted by Gasteiger charge is -2.41. The second-order valence-corrected chi connectivity index (χ2v) is 7.31. The second kappa shape index (κ2) is 9.60. The summed E-state index contributed by atoms with van der Waals surface area (Å²) in [6.45, 7) is 4.17. The van der Waals surface area contributed by atoms with E-state index in [1.54, 1.807) is 27.2 Å². The van der Waals surface area contributed by atoms with Gasteiger partial charge in [-0.15, -0.1) is 0 Å². The molecule has 0 aromatic heterocycles. The molecule has 1 aromatic rings. The molecule has 1 unspecified atom stereocenters. The van der Waals surface area contributed by atoms with Crippen molar-refractivity contribution in [1.82, 2.24) is 20.0 Å². The number of rotatable bonds is 4. The topological polar surface area (TPSA) is 68.2 Å². The van der Waals surface area contributed by atoms with Crippen molar-refractivity contribution in [3.05, 3.63) is 34.9 Å². The molecule has 0 aliphatic carbocycles. The minimum Gasteiger partial charge on any atom is -0.347 e. The highest BCUT2D eigenvalue weighted by molar-refractivity contribution is 6.30. The van der Waals surface area contributed by atoms with E-state index in [1.165, 1.54) is 4.90 Å². The maximum absolute atomic E-state index is 12.7. The zero-order valence-corrected chi connectivity index (χ0v) is 17.2. The van der Waals surface area contributed by atoms with Crippen LogP contribution in [0.3, 0.4) is 0 Å². The fraction of sp³-hybridized carbons (Fsp3) is 0.526. The molecule has 1 saturated heterocycles. The number of piperazine rings is 1. The van der Waals surface area contributed by atoms with Crippen LogP contribution in [0.4, 0.5) is 0 Å². The summed E-state index contributed by atoms with van der Waals surface area (Å²) in [4.78, 5) is 34.3. The predicted molar refractivity (Wildman–Crippen MR) is 108 cm³/mol. The molecule has 0 bridgehead atoms. The first kappa shape index (κ1) is 21.0. The van der Waals surface area contributed by atoms with Crippen LogP contribution in [0.5, 0.6) is 0 Å². The fourth-order valence-electron chi connectivity index (χ4n) is 3.09. The summed E-state index contributed by atoms with van der Waals surface area (Å²) in [6, 6.07) is 7.45. The van der Waals surface area contributed by atoms with Gasteiger partial charge in [0.15, 0.2) is 5.96 Å². The van der Waals surface area contributed by atoms with E-state index < -0.39 is 0 Å². The van der Waals surface area contributed by atoms with Crippen LogP contribution in [0.25, 0.3) is 0 Å². The van der Waals surface area contributed by atoms with Crippen LogP contribution in [0, 0.1) is 0 Å². The molecule has 1 aliphatic rings. The number of guanidine groups is 1. The fourth-order valence-corrected chi connectivity index (χ4v) is 3.30. The van der Waals surface area contributed by atoms with E-state index >= 15 is 0 Å². The Labute approximate surface area is 166 Å². The monoisotopic (exact) mass is 393 g/mol. The number of amides is 2. The average Bonchev–Trinajstić information content (AvgIpc) is 2.61. The average molecular weight is 394 g/mol.